The first kappa shape index (κ1) is 23.4. The molecule has 0 saturated carbocycles. The summed E-state index contributed by atoms with van der Waals surface area (Å²) in [6.07, 6.45) is -10.6. The molecule has 0 unspecified atom stereocenters. The van der Waals surface area contributed by atoms with E-state index < -0.39 is 67.9 Å². The van der Waals surface area contributed by atoms with Crippen molar-refractivity contribution in [3.63, 3.8) is 0 Å². The molecule has 6 N–H and O–H groups in total. The molecule has 0 bridgehead atoms. The molecule has 9 atom stereocenters. The van der Waals surface area contributed by atoms with Crippen LogP contribution in [0.4, 0.5) is 0 Å². The van der Waals surface area contributed by atoms with Crippen molar-refractivity contribution in [2.24, 2.45) is 0 Å². The summed E-state index contributed by atoms with van der Waals surface area (Å²) in [5.74, 6) is -0.607. The number of hydrogen-bond donors (Lipinski definition) is 6. The summed E-state index contributed by atoms with van der Waals surface area (Å²) < 4.78 is 20.8. The van der Waals surface area contributed by atoms with Crippen LogP contribution in [0.15, 0.2) is 0 Å². The van der Waals surface area contributed by atoms with E-state index in [0.717, 1.165) is 12.8 Å². The van der Waals surface area contributed by atoms with Crippen molar-refractivity contribution < 1.29 is 54.4 Å². The number of esters is 1. The van der Waals surface area contributed by atoms with Crippen molar-refractivity contribution in [1.82, 2.24) is 0 Å². The fourth-order valence-corrected chi connectivity index (χ4v) is 2.97. The molecule has 2 saturated heterocycles. The van der Waals surface area contributed by atoms with Gasteiger partial charge in [0, 0.05) is 6.42 Å². The van der Waals surface area contributed by atoms with Gasteiger partial charge in [0.05, 0.1) is 13.2 Å². The van der Waals surface area contributed by atoms with Crippen molar-refractivity contribution in [1.29, 1.82) is 0 Å². The van der Waals surface area contributed by atoms with E-state index >= 15 is 0 Å². The molecule has 28 heavy (non-hydrogen) atoms. The van der Waals surface area contributed by atoms with E-state index in [-0.39, 0.29) is 13.0 Å². The molecule has 0 radical (unpaired) electrons. The normalized spacial score (nSPS) is 41.6. The Morgan fingerprint density at radius 2 is 1.61 bits per heavy atom. The van der Waals surface area contributed by atoms with Crippen LogP contribution in [0.1, 0.15) is 32.6 Å². The van der Waals surface area contributed by atoms with Gasteiger partial charge in [-0.1, -0.05) is 19.8 Å². The zero-order chi connectivity index (χ0) is 20.8. The second-order valence-electron chi connectivity index (χ2n) is 7.05. The molecule has 11 nitrogen and oxygen atoms in total. The summed E-state index contributed by atoms with van der Waals surface area (Å²) in [5.41, 5.74) is 0. The molecule has 0 amide bonds. The van der Waals surface area contributed by atoms with Gasteiger partial charge in [0.25, 0.3) is 0 Å². The highest BCUT2D eigenvalue weighted by Gasteiger charge is 2.46. The first-order chi connectivity index (χ1) is 13.3. The van der Waals surface area contributed by atoms with E-state index in [1.54, 1.807) is 0 Å². The lowest BCUT2D eigenvalue weighted by molar-refractivity contribution is -0.315. The first-order valence-electron chi connectivity index (χ1n) is 9.42. The molecule has 2 aliphatic heterocycles. The number of rotatable bonds is 8. The van der Waals surface area contributed by atoms with Crippen LogP contribution in [0.5, 0.6) is 0 Å². The Bertz CT molecular complexity index is 490. The highest BCUT2D eigenvalue weighted by Crippen LogP contribution is 2.24. The Labute approximate surface area is 162 Å². The van der Waals surface area contributed by atoms with E-state index in [9.17, 15) is 35.4 Å². The van der Waals surface area contributed by atoms with Crippen molar-refractivity contribution in [3.8, 4) is 0 Å². The summed E-state index contributed by atoms with van der Waals surface area (Å²) in [7, 11) is 0. The third-order valence-electron chi connectivity index (χ3n) is 4.78. The van der Waals surface area contributed by atoms with Gasteiger partial charge in [-0.15, -0.1) is 0 Å². The maximum absolute atomic E-state index is 11.8. The van der Waals surface area contributed by atoms with E-state index in [4.69, 9.17) is 18.9 Å². The monoisotopic (exact) mass is 410 g/mol. The lowest BCUT2D eigenvalue weighted by Crippen LogP contribution is -2.60. The van der Waals surface area contributed by atoms with Gasteiger partial charge in [-0.3, -0.25) is 4.79 Å². The van der Waals surface area contributed by atoms with Crippen LogP contribution in [0, 0.1) is 0 Å². The van der Waals surface area contributed by atoms with Crippen LogP contribution >= 0.6 is 0 Å². The molecule has 2 aliphatic rings. The van der Waals surface area contributed by atoms with Gasteiger partial charge >= 0.3 is 5.97 Å². The Morgan fingerprint density at radius 1 is 0.929 bits per heavy atom. The number of unbranched alkanes of at least 4 members (excludes halogenated alkanes) is 2. The molecular weight excluding hydrogens is 380 g/mol. The van der Waals surface area contributed by atoms with Crippen LogP contribution in [0.25, 0.3) is 0 Å². The lowest BCUT2D eigenvalue weighted by atomic mass is 9.99. The molecule has 0 aliphatic carbocycles. The predicted molar refractivity (Wildman–Crippen MR) is 90.6 cm³/mol. The van der Waals surface area contributed by atoms with Gasteiger partial charge in [-0.2, -0.15) is 0 Å². The van der Waals surface area contributed by atoms with Gasteiger partial charge < -0.3 is 49.6 Å². The number of ether oxygens (including phenoxy) is 4. The number of carbonyl (C=O) groups excluding carboxylic acids is 1. The Balaban J connectivity index is 1.89. The quantitative estimate of drug-likeness (QED) is 0.182. The molecule has 0 spiro atoms. The topological polar surface area (TPSA) is 175 Å². The fourth-order valence-electron chi connectivity index (χ4n) is 2.97. The van der Waals surface area contributed by atoms with Crippen LogP contribution < -0.4 is 0 Å². The maximum Gasteiger partial charge on any atom is 0.308 e. The molecule has 0 aromatic heterocycles. The maximum atomic E-state index is 11.8. The highest BCUT2D eigenvalue weighted by molar-refractivity contribution is 5.69. The summed E-state index contributed by atoms with van der Waals surface area (Å²) in [6, 6.07) is 0. The third-order valence-corrected chi connectivity index (χ3v) is 4.78. The highest BCUT2D eigenvalue weighted by atomic mass is 16.7. The molecule has 0 aromatic carbocycles. The number of hydrogen-bond acceptors (Lipinski definition) is 11. The lowest BCUT2D eigenvalue weighted by Gasteiger charge is -2.41. The van der Waals surface area contributed by atoms with E-state index in [0.29, 0.717) is 6.42 Å². The van der Waals surface area contributed by atoms with Gasteiger partial charge in [0.1, 0.15) is 42.7 Å². The summed E-state index contributed by atoms with van der Waals surface area (Å²) in [5, 5.41) is 59.0. The average molecular weight is 410 g/mol. The van der Waals surface area contributed by atoms with Crippen LogP contribution in [-0.4, -0.2) is 105 Å². The van der Waals surface area contributed by atoms with Gasteiger partial charge in [-0.05, 0) is 6.42 Å². The zero-order valence-corrected chi connectivity index (χ0v) is 15.7. The van der Waals surface area contributed by atoms with Crippen molar-refractivity contribution >= 4 is 5.97 Å². The molecule has 2 rings (SSSR count). The van der Waals surface area contributed by atoms with Crippen molar-refractivity contribution in [2.45, 2.75) is 87.9 Å². The number of aliphatic hydroxyl groups excluding tert-OH is 6. The predicted octanol–water partition coefficient (Wildman–Crippen LogP) is -2.63. The van der Waals surface area contributed by atoms with Gasteiger partial charge in [0.15, 0.2) is 6.29 Å². The Morgan fingerprint density at radius 3 is 2.29 bits per heavy atom. The Hall–Kier alpha value is -0.890. The molecule has 2 fully saturated rings. The zero-order valence-electron chi connectivity index (χ0n) is 15.7. The van der Waals surface area contributed by atoms with E-state index in [2.05, 4.69) is 0 Å². The fraction of sp³-hybridized carbons (Fsp3) is 0.941. The minimum absolute atomic E-state index is 0.128. The second kappa shape index (κ2) is 10.8. The minimum Gasteiger partial charge on any atom is -0.433 e. The van der Waals surface area contributed by atoms with Crippen LogP contribution in [0.3, 0.4) is 0 Å². The van der Waals surface area contributed by atoms with Crippen molar-refractivity contribution in [3.05, 3.63) is 0 Å². The molecule has 11 heteroatoms. The van der Waals surface area contributed by atoms with E-state index in [1.807, 2.05) is 6.92 Å². The van der Waals surface area contributed by atoms with Crippen LogP contribution in [-0.2, 0) is 23.7 Å². The molecule has 0 aromatic rings. The van der Waals surface area contributed by atoms with Gasteiger partial charge in [-0.25, -0.2) is 0 Å². The smallest absolute Gasteiger partial charge is 0.308 e. The van der Waals surface area contributed by atoms with Crippen molar-refractivity contribution in [2.75, 3.05) is 13.2 Å². The Kier molecular flexibility index (Phi) is 8.99. The third kappa shape index (κ3) is 5.81. The number of aliphatic hydroxyl groups is 6. The average Bonchev–Trinajstić information content (AvgIpc) is 2.67. The largest absolute Gasteiger partial charge is 0.433 e. The van der Waals surface area contributed by atoms with Gasteiger partial charge in [0.2, 0.25) is 6.29 Å². The second-order valence-corrected chi connectivity index (χ2v) is 7.05. The number of carbonyl (C=O) groups is 1. The first-order valence-corrected chi connectivity index (χ1v) is 9.42. The molecular formula is C17H30O11. The van der Waals surface area contributed by atoms with E-state index in [1.165, 1.54) is 0 Å². The van der Waals surface area contributed by atoms with Crippen LogP contribution in [0.2, 0.25) is 0 Å². The minimum atomic E-state index is -1.65. The SMILES string of the molecule is CCCCCC(=O)O[C@@H]1O[C@H](CO[C@@H]2OC[C@@H](O)[C@H](O)[C@H]2O)[C@@H](O)[C@H](O)[C@H]1O. The molecule has 164 valence electrons. The molecule has 2 heterocycles. The summed E-state index contributed by atoms with van der Waals surface area (Å²) >= 11 is 0. The standard InChI is InChI=1S/C17H30O11/c1-2-3-4-5-10(19)28-17-15(24)13(22)12(21)9(27-17)7-26-16-14(23)11(20)8(18)6-25-16/h8-9,11-18,20-24H,2-7H2,1H3/t8-,9-,11+,12-,13+,14-,15-,16+,17+/m1/s1. The summed E-state index contributed by atoms with van der Waals surface area (Å²) in [4.78, 5) is 11.8. The summed E-state index contributed by atoms with van der Waals surface area (Å²) in [6.45, 7) is 1.31.